The van der Waals surface area contributed by atoms with Gasteiger partial charge in [-0.2, -0.15) is 0 Å². The van der Waals surface area contributed by atoms with Crippen molar-refractivity contribution >= 4 is 0 Å². The van der Waals surface area contributed by atoms with E-state index in [4.69, 9.17) is 18.7 Å². The third-order valence-electron chi connectivity index (χ3n) is 3.20. The molecule has 0 N–H and O–H groups in total. The maximum atomic E-state index is 5.75. The Balaban J connectivity index is 1.61. The van der Waals surface area contributed by atoms with Crippen LogP contribution in [-0.2, 0) is 11.3 Å². The molecule has 0 saturated heterocycles. The van der Waals surface area contributed by atoms with Crippen LogP contribution >= 0.6 is 0 Å². The van der Waals surface area contributed by atoms with Crippen LogP contribution in [0.1, 0.15) is 5.56 Å². The fourth-order valence-electron chi connectivity index (χ4n) is 2.04. The molecule has 2 aromatic carbocycles. The van der Waals surface area contributed by atoms with Gasteiger partial charge in [0.1, 0.15) is 12.4 Å². The topological polar surface area (TPSA) is 53.7 Å². The molecule has 0 radical (unpaired) electrons. The molecule has 0 aliphatic rings. The third-order valence-corrected chi connectivity index (χ3v) is 3.20. The highest BCUT2D eigenvalue weighted by atomic mass is 16.7. The minimum absolute atomic E-state index is 0.137. The molecule has 0 saturated carbocycles. The fraction of sp³-hybridized carbons (Fsp3) is 0.167. The summed E-state index contributed by atoms with van der Waals surface area (Å²) in [5.41, 5.74) is 2.03. The molecule has 0 atom stereocenters. The average molecular weight is 311 g/mol. The van der Waals surface area contributed by atoms with Gasteiger partial charge >= 0.3 is 0 Å². The van der Waals surface area contributed by atoms with Gasteiger partial charge in [0.15, 0.2) is 12.6 Å². The SMILES string of the molecule is COCOc1cc(-c2ccc(OCc3ccccc3)cc2)on1. The van der Waals surface area contributed by atoms with Gasteiger partial charge in [-0.3, -0.25) is 0 Å². The monoisotopic (exact) mass is 311 g/mol. The van der Waals surface area contributed by atoms with Crippen LogP contribution in [0.15, 0.2) is 65.2 Å². The van der Waals surface area contributed by atoms with Gasteiger partial charge in [0.05, 0.1) is 0 Å². The first-order valence-corrected chi connectivity index (χ1v) is 7.21. The lowest BCUT2D eigenvalue weighted by Gasteiger charge is -2.06. The number of nitrogens with zero attached hydrogens (tertiary/aromatic N) is 1. The molecule has 5 heteroatoms. The molecule has 1 heterocycles. The van der Waals surface area contributed by atoms with E-state index < -0.39 is 0 Å². The molecule has 0 fully saturated rings. The predicted octanol–water partition coefficient (Wildman–Crippen LogP) is 3.90. The van der Waals surface area contributed by atoms with Gasteiger partial charge in [-0.25, -0.2) is 0 Å². The normalized spacial score (nSPS) is 10.5. The number of benzene rings is 2. The predicted molar refractivity (Wildman–Crippen MR) is 85.2 cm³/mol. The average Bonchev–Trinajstić information content (AvgIpc) is 3.08. The van der Waals surface area contributed by atoms with Crippen molar-refractivity contribution in [2.24, 2.45) is 0 Å². The molecule has 0 bridgehead atoms. The quantitative estimate of drug-likeness (QED) is 0.619. The Kier molecular flexibility index (Phi) is 4.91. The van der Waals surface area contributed by atoms with Crippen molar-refractivity contribution in [3.8, 4) is 23.0 Å². The van der Waals surface area contributed by atoms with E-state index in [1.165, 1.54) is 0 Å². The molecule has 0 spiro atoms. The maximum absolute atomic E-state index is 5.75. The number of hydrogen-bond acceptors (Lipinski definition) is 5. The van der Waals surface area contributed by atoms with Crippen molar-refractivity contribution in [2.75, 3.05) is 13.9 Å². The number of methoxy groups -OCH3 is 1. The molecule has 5 nitrogen and oxygen atoms in total. The largest absolute Gasteiger partial charge is 0.489 e. The molecule has 0 amide bonds. The molecule has 0 unspecified atom stereocenters. The molecule has 0 aliphatic heterocycles. The van der Waals surface area contributed by atoms with Gasteiger partial charge in [-0.05, 0) is 35.0 Å². The van der Waals surface area contributed by atoms with E-state index in [2.05, 4.69) is 5.16 Å². The maximum Gasteiger partial charge on any atom is 0.256 e. The zero-order chi connectivity index (χ0) is 15.9. The lowest BCUT2D eigenvalue weighted by Crippen LogP contribution is -1.98. The Morgan fingerprint density at radius 3 is 2.48 bits per heavy atom. The van der Waals surface area contributed by atoms with E-state index in [0.29, 0.717) is 18.2 Å². The highest BCUT2D eigenvalue weighted by Gasteiger charge is 2.07. The molecular formula is C18H17NO4. The summed E-state index contributed by atoms with van der Waals surface area (Å²) in [6, 6.07) is 19.4. The molecule has 0 aliphatic carbocycles. The van der Waals surface area contributed by atoms with Crippen molar-refractivity contribution in [1.29, 1.82) is 0 Å². The Hall–Kier alpha value is -2.79. The fourth-order valence-corrected chi connectivity index (χ4v) is 2.04. The summed E-state index contributed by atoms with van der Waals surface area (Å²) >= 11 is 0. The number of hydrogen-bond donors (Lipinski definition) is 0. The van der Waals surface area contributed by atoms with Crippen LogP contribution in [0, 0.1) is 0 Å². The van der Waals surface area contributed by atoms with Gasteiger partial charge in [0.2, 0.25) is 0 Å². The van der Waals surface area contributed by atoms with E-state index in [1.54, 1.807) is 13.2 Å². The van der Waals surface area contributed by atoms with E-state index >= 15 is 0 Å². The van der Waals surface area contributed by atoms with Gasteiger partial charge < -0.3 is 18.7 Å². The number of aromatic nitrogens is 1. The van der Waals surface area contributed by atoms with Crippen LogP contribution < -0.4 is 9.47 Å². The second-order valence-corrected chi connectivity index (χ2v) is 4.88. The molecule has 118 valence electrons. The zero-order valence-corrected chi connectivity index (χ0v) is 12.8. The van der Waals surface area contributed by atoms with Gasteiger partial charge in [0, 0.05) is 18.7 Å². The van der Waals surface area contributed by atoms with Gasteiger partial charge in [0.25, 0.3) is 5.88 Å². The first-order chi connectivity index (χ1) is 11.3. The van der Waals surface area contributed by atoms with Crippen molar-refractivity contribution in [1.82, 2.24) is 5.16 Å². The second kappa shape index (κ2) is 7.47. The first kappa shape index (κ1) is 15.1. The van der Waals surface area contributed by atoms with Crippen molar-refractivity contribution in [3.63, 3.8) is 0 Å². The summed E-state index contributed by atoms with van der Waals surface area (Å²) in [4.78, 5) is 0. The molecular weight excluding hydrogens is 294 g/mol. The van der Waals surface area contributed by atoms with E-state index in [1.807, 2.05) is 54.6 Å². The lowest BCUT2D eigenvalue weighted by molar-refractivity contribution is 0.0453. The van der Waals surface area contributed by atoms with E-state index in [9.17, 15) is 0 Å². The summed E-state index contributed by atoms with van der Waals surface area (Å²) in [7, 11) is 1.55. The Bertz CT molecular complexity index is 722. The van der Waals surface area contributed by atoms with Crippen LogP contribution in [0.25, 0.3) is 11.3 Å². The van der Waals surface area contributed by atoms with Crippen LogP contribution in [-0.4, -0.2) is 19.1 Å². The molecule has 23 heavy (non-hydrogen) atoms. The molecule has 3 rings (SSSR count). The summed E-state index contributed by atoms with van der Waals surface area (Å²) in [6.45, 7) is 0.676. The Labute approximate surface area is 134 Å². The highest BCUT2D eigenvalue weighted by Crippen LogP contribution is 2.25. The smallest absolute Gasteiger partial charge is 0.256 e. The van der Waals surface area contributed by atoms with Gasteiger partial charge in [-0.15, -0.1) is 0 Å². The van der Waals surface area contributed by atoms with E-state index in [-0.39, 0.29) is 6.79 Å². The van der Waals surface area contributed by atoms with Crippen molar-refractivity contribution in [3.05, 3.63) is 66.2 Å². The summed E-state index contributed by atoms with van der Waals surface area (Å²) < 4.78 is 21.0. The standard InChI is InChI=1S/C18H17NO4/c1-20-13-22-18-11-17(23-19-18)15-7-9-16(10-8-15)21-12-14-5-3-2-4-6-14/h2-11H,12-13H2,1H3. The molecule has 1 aromatic heterocycles. The third kappa shape index (κ3) is 4.11. The minimum Gasteiger partial charge on any atom is -0.489 e. The summed E-state index contributed by atoms with van der Waals surface area (Å²) in [5, 5.41) is 3.82. The highest BCUT2D eigenvalue weighted by molar-refractivity contribution is 5.59. The first-order valence-electron chi connectivity index (χ1n) is 7.21. The molecule has 3 aromatic rings. The van der Waals surface area contributed by atoms with Crippen molar-refractivity contribution in [2.45, 2.75) is 6.61 Å². The summed E-state index contributed by atoms with van der Waals surface area (Å²) in [6.07, 6.45) is 0. The van der Waals surface area contributed by atoms with Crippen LogP contribution in [0.4, 0.5) is 0 Å². The minimum atomic E-state index is 0.137. The summed E-state index contributed by atoms with van der Waals surface area (Å²) in [5.74, 6) is 1.82. The zero-order valence-electron chi connectivity index (χ0n) is 12.8. The second-order valence-electron chi connectivity index (χ2n) is 4.88. The van der Waals surface area contributed by atoms with Crippen LogP contribution in [0.3, 0.4) is 0 Å². The van der Waals surface area contributed by atoms with Crippen LogP contribution in [0.2, 0.25) is 0 Å². The number of rotatable bonds is 7. The van der Waals surface area contributed by atoms with E-state index in [0.717, 1.165) is 16.9 Å². The van der Waals surface area contributed by atoms with Crippen molar-refractivity contribution < 1.29 is 18.7 Å². The Morgan fingerprint density at radius 1 is 0.957 bits per heavy atom. The Morgan fingerprint density at radius 2 is 1.74 bits per heavy atom. The van der Waals surface area contributed by atoms with Gasteiger partial charge in [-0.1, -0.05) is 30.3 Å². The number of ether oxygens (including phenoxy) is 3. The lowest BCUT2D eigenvalue weighted by atomic mass is 10.1. The van der Waals surface area contributed by atoms with Crippen LogP contribution in [0.5, 0.6) is 11.6 Å².